The van der Waals surface area contributed by atoms with E-state index in [4.69, 9.17) is 27.5 Å². The molecule has 0 heterocycles. The van der Waals surface area contributed by atoms with Gasteiger partial charge in [0.2, 0.25) is 0 Å². The van der Waals surface area contributed by atoms with Gasteiger partial charge in [-0.1, -0.05) is 23.7 Å². The average molecular weight is 227 g/mol. The quantitative estimate of drug-likeness (QED) is 0.445. The van der Waals surface area contributed by atoms with Gasteiger partial charge in [0.25, 0.3) is 0 Å². The summed E-state index contributed by atoms with van der Waals surface area (Å²) < 4.78 is 5.48. The van der Waals surface area contributed by atoms with Crippen molar-refractivity contribution in [3.8, 4) is 5.75 Å². The number of hydrogen-bond acceptors (Lipinski definition) is 2. The lowest BCUT2D eigenvalue weighted by atomic mass is 10.2. The minimum atomic E-state index is 0.229. The molecule has 0 bridgehead atoms. The Morgan fingerprint density at radius 1 is 1.33 bits per heavy atom. The number of benzene rings is 1. The van der Waals surface area contributed by atoms with Gasteiger partial charge in [-0.25, -0.2) is 0 Å². The van der Waals surface area contributed by atoms with Gasteiger partial charge >= 0.3 is 0 Å². The van der Waals surface area contributed by atoms with Gasteiger partial charge in [-0.3, -0.25) is 5.41 Å². The van der Waals surface area contributed by atoms with Gasteiger partial charge in [0.1, 0.15) is 5.75 Å². The van der Waals surface area contributed by atoms with Crippen molar-refractivity contribution in [1.29, 1.82) is 5.41 Å². The van der Waals surface area contributed by atoms with Crippen LogP contribution in [0.1, 0.15) is 19.3 Å². The maximum atomic E-state index is 7.04. The predicted octanol–water partition coefficient (Wildman–Crippen LogP) is 2.83. The van der Waals surface area contributed by atoms with Crippen molar-refractivity contribution in [1.82, 2.24) is 0 Å². The van der Waals surface area contributed by atoms with E-state index in [0.717, 1.165) is 12.8 Å². The summed E-state index contributed by atoms with van der Waals surface area (Å²) in [5, 5.41) is 7.67. The number of para-hydroxylation sites is 1. The Morgan fingerprint density at radius 2 is 2.07 bits per heavy atom. The Morgan fingerprint density at radius 3 is 2.73 bits per heavy atom. The molecule has 15 heavy (non-hydrogen) atoms. The van der Waals surface area contributed by atoms with Crippen molar-refractivity contribution in [3.63, 3.8) is 0 Å². The summed E-state index contributed by atoms with van der Waals surface area (Å²) in [7, 11) is 0. The highest BCUT2D eigenvalue weighted by molar-refractivity contribution is 6.32. The molecule has 1 rings (SSSR count). The molecule has 0 aliphatic heterocycles. The van der Waals surface area contributed by atoms with E-state index in [1.165, 1.54) is 0 Å². The second kappa shape index (κ2) is 6.30. The lowest BCUT2D eigenvalue weighted by Gasteiger charge is -2.06. The zero-order valence-corrected chi connectivity index (χ0v) is 9.26. The van der Waals surface area contributed by atoms with E-state index in [0.29, 0.717) is 23.8 Å². The van der Waals surface area contributed by atoms with Crippen molar-refractivity contribution in [2.24, 2.45) is 5.73 Å². The Bertz CT molecular complexity index is 328. The third-order valence-electron chi connectivity index (χ3n) is 1.93. The lowest BCUT2D eigenvalue weighted by molar-refractivity contribution is 0.308. The lowest BCUT2D eigenvalue weighted by Crippen LogP contribution is -2.09. The van der Waals surface area contributed by atoms with Gasteiger partial charge in [0, 0.05) is 6.42 Å². The molecule has 0 aromatic heterocycles. The first kappa shape index (κ1) is 11.9. The highest BCUT2D eigenvalue weighted by Gasteiger charge is 1.99. The monoisotopic (exact) mass is 226 g/mol. The van der Waals surface area contributed by atoms with E-state index in [9.17, 15) is 0 Å². The molecule has 0 saturated heterocycles. The van der Waals surface area contributed by atoms with Gasteiger partial charge in [-0.15, -0.1) is 0 Å². The Kier molecular flexibility index (Phi) is 4.98. The van der Waals surface area contributed by atoms with Crippen molar-refractivity contribution < 1.29 is 4.74 Å². The van der Waals surface area contributed by atoms with Crippen LogP contribution in [-0.2, 0) is 0 Å². The number of ether oxygens (including phenoxy) is 1. The van der Waals surface area contributed by atoms with E-state index in [1.54, 1.807) is 6.07 Å². The maximum Gasteiger partial charge on any atom is 0.137 e. The van der Waals surface area contributed by atoms with Gasteiger partial charge in [0.15, 0.2) is 0 Å². The fraction of sp³-hybridized carbons (Fsp3) is 0.364. The number of nitrogens with one attached hydrogen (secondary N) is 1. The third-order valence-corrected chi connectivity index (χ3v) is 2.25. The minimum Gasteiger partial charge on any atom is -0.492 e. The van der Waals surface area contributed by atoms with Crippen molar-refractivity contribution in [3.05, 3.63) is 29.3 Å². The van der Waals surface area contributed by atoms with Crippen LogP contribution in [0.3, 0.4) is 0 Å². The molecule has 82 valence electrons. The van der Waals surface area contributed by atoms with Crippen LogP contribution in [0, 0.1) is 5.41 Å². The molecule has 0 aliphatic rings. The topological polar surface area (TPSA) is 59.1 Å². The van der Waals surface area contributed by atoms with E-state index in [-0.39, 0.29) is 5.84 Å². The molecule has 4 heteroatoms. The van der Waals surface area contributed by atoms with Crippen LogP contribution in [0.5, 0.6) is 5.75 Å². The van der Waals surface area contributed by atoms with Gasteiger partial charge in [0.05, 0.1) is 17.5 Å². The molecule has 0 atom stereocenters. The molecule has 0 saturated carbocycles. The summed E-state index contributed by atoms with van der Waals surface area (Å²) >= 11 is 5.91. The fourth-order valence-electron chi connectivity index (χ4n) is 1.16. The Hall–Kier alpha value is -1.22. The molecule has 0 aliphatic carbocycles. The largest absolute Gasteiger partial charge is 0.492 e. The highest BCUT2D eigenvalue weighted by atomic mass is 35.5. The smallest absolute Gasteiger partial charge is 0.137 e. The first-order valence-corrected chi connectivity index (χ1v) is 5.28. The standard InChI is InChI=1S/C11H15ClN2O/c12-9-5-1-2-6-10(9)15-8-4-3-7-11(13)14/h1-2,5-6H,3-4,7-8H2,(H3,13,14). The molecule has 1 aromatic rings. The summed E-state index contributed by atoms with van der Waals surface area (Å²) in [5.41, 5.74) is 5.23. The molecular formula is C11H15ClN2O. The summed E-state index contributed by atoms with van der Waals surface area (Å²) in [6.07, 6.45) is 2.39. The summed E-state index contributed by atoms with van der Waals surface area (Å²) in [4.78, 5) is 0. The number of rotatable bonds is 6. The van der Waals surface area contributed by atoms with Crippen molar-refractivity contribution in [2.45, 2.75) is 19.3 Å². The Labute approximate surface area is 94.7 Å². The van der Waals surface area contributed by atoms with Crippen LogP contribution in [0.4, 0.5) is 0 Å². The third kappa shape index (κ3) is 4.70. The van der Waals surface area contributed by atoms with E-state index in [2.05, 4.69) is 0 Å². The first-order chi connectivity index (χ1) is 7.20. The summed E-state index contributed by atoms with van der Waals surface area (Å²) in [6.45, 7) is 0.608. The average Bonchev–Trinajstić information content (AvgIpc) is 2.20. The van der Waals surface area contributed by atoms with Crippen LogP contribution in [-0.4, -0.2) is 12.4 Å². The van der Waals surface area contributed by atoms with E-state index in [1.807, 2.05) is 18.2 Å². The van der Waals surface area contributed by atoms with Gasteiger partial charge in [-0.05, 0) is 25.0 Å². The normalized spacial score (nSPS) is 9.93. The fourth-order valence-corrected chi connectivity index (χ4v) is 1.35. The zero-order valence-electron chi connectivity index (χ0n) is 8.50. The zero-order chi connectivity index (χ0) is 11.1. The number of hydrogen-bond donors (Lipinski definition) is 2. The van der Waals surface area contributed by atoms with E-state index >= 15 is 0 Å². The summed E-state index contributed by atoms with van der Waals surface area (Å²) in [6, 6.07) is 7.39. The van der Waals surface area contributed by atoms with Gasteiger partial charge < -0.3 is 10.5 Å². The number of halogens is 1. The second-order valence-corrected chi connectivity index (χ2v) is 3.67. The minimum absolute atomic E-state index is 0.229. The van der Waals surface area contributed by atoms with Crippen LogP contribution in [0.25, 0.3) is 0 Å². The molecule has 3 N–H and O–H groups in total. The molecule has 0 unspecified atom stereocenters. The van der Waals surface area contributed by atoms with Crippen LogP contribution in [0.2, 0.25) is 5.02 Å². The molecule has 0 radical (unpaired) electrons. The molecule has 0 amide bonds. The maximum absolute atomic E-state index is 7.04. The van der Waals surface area contributed by atoms with Crippen LogP contribution >= 0.6 is 11.6 Å². The van der Waals surface area contributed by atoms with Crippen LogP contribution in [0.15, 0.2) is 24.3 Å². The SMILES string of the molecule is N=C(N)CCCCOc1ccccc1Cl. The van der Waals surface area contributed by atoms with Gasteiger partial charge in [-0.2, -0.15) is 0 Å². The molecule has 0 fully saturated rings. The predicted molar refractivity (Wildman–Crippen MR) is 62.7 cm³/mol. The summed E-state index contributed by atoms with van der Waals surface area (Å²) in [5.74, 6) is 0.940. The highest BCUT2D eigenvalue weighted by Crippen LogP contribution is 2.23. The molecule has 1 aromatic carbocycles. The van der Waals surface area contributed by atoms with Crippen molar-refractivity contribution >= 4 is 17.4 Å². The number of nitrogens with two attached hydrogens (primary N) is 1. The molecule has 3 nitrogen and oxygen atoms in total. The number of unbranched alkanes of at least 4 members (excludes halogenated alkanes) is 1. The number of amidine groups is 1. The Balaban J connectivity index is 2.21. The van der Waals surface area contributed by atoms with Crippen molar-refractivity contribution in [2.75, 3.05) is 6.61 Å². The second-order valence-electron chi connectivity index (χ2n) is 3.26. The van der Waals surface area contributed by atoms with Crippen LogP contribution < -0.4 is 10.5 Å². The molecule has 0 spiro atoms. The first-order valence-electron chi connectivity index (χ1n) is 4.90. The molecular weight excluding hydrogens is 212 g/mol. The van der Waals surface area contributed by atoms with E-state index < -0.39 is 0 Å².